The third-order valence-corrected chi connectivity index (χ3v) is 4.55. The molecular weight excluding hydrogens is 352 g/mol. The average molecular weight is 371 g/mol. The standard InChI is InChI=1S/C19H19ClN4O2/c1-4-10-24-16(13-8-6-7-9-14(13)20)12-23-11-15(18(25)22(3)5-2)21-17(23)19(24)26/h4,6-9,11-12H,1,5,10H2,2-3H3. The lowest BCUT2D eigenvalue weighted by atomic mass is 10.1. The van der Waals surface area contributed by atoms with Gasteiger partial charge in [-0.15, -0.1) is 6.58 Å². The van der Waals surface area contributed by atoms with Gasteiger partial charge in [0.1, 0.15) is 5.69 Å². The highest BCUT2D eigenvalue weighted by Gasteiger charge is 2.19. The first kappa shape index (κ1) is 17.9. The number of nitrogens with zero attached hydrogens (tertiary/aromatic N) is 4. The summed E-state index contributed by atoms with van der Waals surface area (Å²) in [4.78, 5) is 31.1. The Balaban J connectivity index is 2.27. The number of carbonyl (C=O) groups is 1. The van der Waals surface area contributed by atoms with Crippen LogP contribution >= 0.6 is 11.6 Å². The Morgan fingerprint density at radius 3 is 2.73 bits per heavy atom. The van der Waals surface area contributed by atoms with E-state index in [9.17, 15) is 9.59 Å². The van der Waals surface area contributed by atoms with Crippen molar-refractivity contribution in [2.24, 2.45) is 0 Å². The number of aromatic nitrogens is 3. The first-order valence-electron chi connectivity index (χ1n) is 8.21. The number of benzene rings is 1. The van der Waals surface area contributed by atoms with Crippen molar-refractivity contribution >= 4 is 23.2 Å². The number of imidazole rings is 1. The van der Waals surface area contributed by atoms with Gasteiger partial charge in [-0.3, -0.25) is 18.6 Å². The van der Waals surface area contributed by atoms with Crippen molar-refractivity contribution in [2.75, 3.05) is 13.6 Å². The van der Waals surface area contributed by atoms with Gasteiger partial charge in [0.05, 0.1) is 5.69 Å². The van der Waals surface area contributed by atoms with E-state index in [2.05, 4.69) is 11.6 Å². The summed E-state index contributed by atoms with van der Waals surface area (Å²) in [6, 6.07) is 7.29. The number of hydrogen-bond acceptors (Lipinski definition) is 3. The van der Waals surface area contributed by atoms with Gasteiger partial charge >= 0.3 is 0 Å². The maximum atomic E-state index is 13.0. The van der Waals surface area contributed by atoms with Crippen molar-refractivity contribution in [1.29, 1.82) is 0 Å². The van der Waals surface area contributed by atoms with Crippen LogP contribution in [0.1, 0.15) is 17.4 Å². The number of rotatable bonds is 5. The molecule has 7 heteroatoms. The molecule has 0 N–H and O–H groups in total. The Bertz CT molecular complexity index is 1050. The summed E-state index contributed by atoms with van der Waals surface area (Å²) in [6.07, 6.45) is 4.97. The first-order valence-corrected chi connectivity index (χ1v) is 8.59. The summed E-state index contributed by atoms with van der Waals surface area (Å²) in [7, 11) is 1.69. The van der Waals surface area contributed by atoms with Crippen LogP contribution in [0.2, 0.25) is 5.02 Å². The predicted octanol–water partition coefficient (Wildman–Crippen LogP) is 3.09. The zero-order chi connectivity index (χ0) is 18.8. The number of hydrogen-bond donors (Lipinski definition) is 0. The molecule has 2 aromatic heterocycles. The van der Waals surface area contributed by atoms with Crippen molar-refractivity contribution in [1.82, 2.24) is 18.9 Å². The van der Waals surface area contributed by atoms with Crippen LogP contribution < -0.4 is 5.56 Å². The predicted molar refractivity (Wildman–Crippen MR) is 103 cm³/mol. The summed E-state index contributed by atoms with van der Waals surface area (Å²) in [5.74, 6) is -0.231. The van der Waals surface area contributed by atoms with Gasteiger partial charge in [-0.1, -0.05) is 35.9 Å². The normalized spacial score (nSPS) is 10.9. The Hall–Kier alpha value is -2.86. The molecule has 134 valence electrons. The number of amides is 1. The van der Waals surface area contributed by atoms with Gasteiger partial charge in [0.25, 0.3) is 11.5 Å². The fourth-order valence-electron chi connectivity index (χ4n) is 2.72. The zero-order valence-corrected chi connectivity index (χ0v) is 15.4. The second kappa shape index (κ2) is 7.17. The molecule has 0 bridgehead atoms. The molecule has 3 aromatic rings. The number of fused-ring (bicyclic) bond motifs is 1. The maximum Gasteiger partial charge on any atom is 0.295 e. The zero-order valence-electron chi connectivity index (χ0n) is 14.6. The molecule has 6 nitrogen and oxygen atoms in total. The summed E-state index contributed by atoms with van der Waals surface area (Å²) >= 11 is 6.32. The van der Waals surface area contributed by atoms with Gasteiger partial charge in [0.15, 0.2) is 0 Å². The van der Waals surface area contributed by atoms with Gasteiger partial charge in [-0.25, -0.2) is 4.98 Å². The molecule has 0 aliphatic heterocycles. The maximum absolute atomic E-state index is 13.0. The van der Waals surface area contributed by atoms with Gasteiger partial charge in [0, 0.05) is 43.1 Å². The van der Waals surface area contributed by atoms with E-state index in [0.29, 0.717) is 23.8 Å². The second-order valence-electron chi connectivity index (χ2n) is 5.87. The lowest BCUT2D eigenvalue weighted by Crippen LogP contribution is -2.26. The van der Waals surface area contributed by atoms with E-state index in [-0.39, 0.29) is 22.8 Å². The topological polar surface area (TPSA) is 59.6 Å². The molecule has 0 spiro atoms. The smallest absolute Gasteiger partial charge is 0.295 e. The van der Waals surface area contributed by atoms with E-state index in [1.807, 2.05) is 25.1 Å². The van der Waals surface area contributed by atoms with Crippen molar-refractivity contribution in [3.63, 3.8) is 0 Å². The average Bonchev–Trinajstić information content (AvgIpc) is 3.07. The van der Waals surface area contributed by atoms with Gasteiger partial charge in [-0.05, 0) is 13.0 Å². The molecule has 0 aliphatic carbocycles. The van der Waals surface area contributed by atoms with Crippen LogP contribution in [0.15, 0.2) is 54.1 Å². The molecule has 0 saturated heterocycles. The van der Waals surface area contributed by atoms with E-state index in [1.165, 1.54) is 0 Å². The summed E-state index contributed by atoms with van der Waals surface area (Å²) in [5.41, 5.74) is 1.47. The molecule has 0 unspecified atom stereocenters. The highest BCUT2D eigenvalue weighted by atomic mass is 35.5. The van der Waals surface area contributed by atoms with Crippen LogP contribution in [0.4, 0.5) is 0 Å². The monoisotopic (exact) mass is 370 g/mol. The fourth-order valence-corrected chi connectivity index (χ4v) is 2.95. The minimum Gasteiger partial charge on any atom is -0.341 e. The second-order valence-corrected chi connectivity index (χ2v) is 6.28. The summed E-state index contributed by atoms with van der Waals surface area (Å²) in [6.45, 7) is 6.46. The van der Waals surface area contributed by atoms with Crippen LogP contribution in [-0.4, -0.2) is 38.4 Å². The number of halogens is 1. The largest absolute Gasteiger partial charge is 0.341 e. The van der Waals surface area contributed by atoms with Crippen molar-refractivity contribution in [3.8, 4) is 11.3 Å². The van der Waals surface area contributed by atoms with Crippen LogP contribution in [0.25, 0.3) is 16.9 Å². The van der Waals surface area contributed by atoms with Crippen molar-refractivity contribution in [3.05, 3.63) is 70.4 Å². The molecule has 0 fully saturated rings. The van der Waals surface area contributed by atoms with Crippen molar-refractivity contribution < 1.29 is 4.79 Å². The molecule has 3 rings (SSSR count). The fraction of sp³-hybridized carbons (Fsp3) is 0.211. The van der Waals surface area contributed by atoms with Gasteiger partial charge in [0.2, 0.25) is 5.65 Å². The third-order valence-electron chi connectivity index (χ3n) is 4.22. The Morgan fingerprint density at radius 2 is 2.08 bits per heavy atom. The Kier molecular flexibility index (Phi) is 4.95. The van der Waals surface area contributed by atoms with Crippen LogP contribution in [0, 0.1) is 0 Å². The van der Waals surface area contributed by atoms with Crippen molar-refractivity contribution in [2.45, 2.75) is 13.5 Å². The molecule has 26 heavy (non-hydrogen) atoms. The molecule has 1 amide bonds. The van der Waals surface area contributed by atoms with E-state index in [0.717, 1.165) is 5.56 Å². The number of allylic oxidation sites excluding steroid dienone is 1. The molecule has 1 aromatic carbocycles. The van der Waals surface area contributed by atoms with E-state index in [4.69, 9.17) is 11.6 Å². The number of carbonyl (C=O) groups excluding carboxylic acids is 1. The van der Waals surface area contributed by atoms with Gasteiger partial charge in [-0.2, -0.15) is 0 Å². The highest BCUT2D eigenvalue weighted by Crippen LogP contribution is 2.27. The molecule has 2 heterocycles. The third kappa shape index (κ3) is 3.04. The molecule has 0 saturated carbocycles. The molecular formula is C19H19ClN4O2. The van der Waals surface area contributed by atoms with E-state index in [1.54, 1.807) is 45.5 Å². The minimum absolute atomic E-state index is 0.190. The van der Waals surface area contributed by atoms with Crippen LogP contribution in [0.5, 0.6) is 0 Å². The Labute approximate surface area is 156 Å². The lowest BCUT2D eigenvalue weighted by Gasteiger charge is -2.13. The van der Waals surface area contributed by atoms with Crippen LogP contribution in [0.3, 0.4) is 0 Å². The summed E-state index contributed by atoms with van der Waals surface area (Å²) in [5, 5.41) is 0.534. The quantitative estimate of drug-likeness (QED) is 0.648. The van der Waals surface area contributed by atoms with Crippen LogP contribution in [-0.2, 0) is 6.54 Å². The first-order chi connectivity index (χ1) is 12.5. The van der Waals surface area contributed by atoms with E-state index >= 15 is 0 Å². The van der Waals surface area contributed by atoms with Gasteiger partial charge < -0.3 is 4.90 Å². The highest BCUT2D eigenvalue weighted by molar-refractivity contribution is 6.33. The minimum atomic E-state index is -0.305. The SMILES string of the molecule is C=CCn1c(-c2ccccc2Cl)cn2cc(C(=O)N(C)CC)nc2c1=O. The van der Waals surface area contributed by atoms with E-state index < -0.39 is 0 Å². The summed E-state index contributed by atoms with van der Waals surface area (Å²) < 4.78 is 3.13. The molecule has 0 atom stereocenters. The lowest BCUT2D eigenvalue weighted by molar-refractivity contribution is 0.0797. The molecule has 0 radical (unpaired) electrons. The Morgan fingerprint density at radius 1 is 1.35 bits per heavy atom. The molecule has 0 aliphatic rings.